The Morgan fingerprint density at radius 1 is 0.771 bits per heavy atom. The summed E-state index contributed by atoms with van der Waals surface area (Å²) in [4.78, 5) is 25.2. The summed E-state index contributed by atoms with van der Waals surface area (Å²) in [5.74, 6) is -1.59. The molecule has 3 rings (SSSR count). The van der Waals surface area contributed by atoms with Gasteiger partial charge in [-0.25, -0.2) is 0 Å². The third-order valence-corrected chi connectivity index (χ3v) is 5.18. The van der Waals surface area contributed by atoms with Crippen LogP contribution in [0.2, 0.25) is 0 Å². The summed E-state index contributed by atoms with van der Waals surface area (Å²) < 4.78 is 82.2. The van der Waals surface area contributed by atoms with Gasteiger partial charge in [0.1, 0.15) is 0 Å². The molecule has 1 amide bonds. The Morgan fingerprint density at radius 3 is 1.83 bits per heavy atom. The number of alkyl halides is 6. The number of hydrogen-bond donors (Lipinski definition) is 2. The summed E-state index contributed by atoms with van der Waals surface area (Å²) in [7, 11) is 0. The molecule has 0 bridgehead atoms. The number of carbonyl (C=O) groups is 2. The zero-order valence-corrected chi connectivity index (χ0v) is 18.5. The molecule has 0 aliphatic heterocycles. The molecule has 4 nitrogen and oxygen atoms in total. The van der Waals surface area contributed by atoms with E-state index in [1.54, 1.807) is 19.9 Å². The van der Waals surface area contributed by atoms with Crippen molar-refractivity contribution in [3.8, 4) is 11.1 Å². The normalized spacial score (nSPS) is 12.0. The topological polar surface area (TPSA) is 72.2 Å². The number of hydrogen-bond acceptors (Lipinski definition) is 3. The summed E-state index contributed by atoms with van der Waals surface area (Å²) in [6.45, 7) is 3.27. The molecule has 35 heavy (non-hydrogen) atoms. The molecule has 0 aliphatic rings. The van der Waals surface area contributed by atoms with Gasteiger partial charge in [0.05, 0.1) is 16.7 Å². The molecule has 0 unspecified atom stereocenters. The van der Waals surface area contributed by atoms with Crippen LogP contribution in [-0.4, -0.2) is 11.7 Å². The van der Waals surface area contributed by atoms with E-state index >= 15 is 0 Å². The average molecular weight is 494 g/mol. The number of amides is 1. The number of anilines is 2. The van der Waals surface area contributed by atoms with Crippen molar-refractivity contribution in [2.24, 2.45) is 5.92 Å². The second-order valence-electron chi connectivity index (χ2n) is 8.08. The summed E-state index contributed by atoms with van der Waals surface area (Å²) >= 11 is 0. The monoisotopic (exact) mass is 494 g/mol. The molecule has 0 saturated carbocycles. The molecule has 3 aromatic carbocycles. The van der Waals surface area contributed by atoms with Gasteiger partial charge in [0.15, 0.2) is 5.78 Å². The second-order valence-corrected chi connectivity index (χ2v) is 8.08. The number of carbonyl (C=O) groups excluding carboxylic acids is 2. The fourth-order valence-electron chi connectivity index (χ4n) is 3.53. The molecular formula is C25H20F6N2O2. The molecule has 184 valence electrons. The largest absolute Gasteiger partial charge is 0.417 e. The lowest BCUT2D eigenvalue weighted by atomic mass is 9.93. The molecule has 10 heteroatoms. The molecule has 3 N–H and O–H groups in total. The number of nitrogens with one attached hydrogen (secondary N) is 1. The Labute approximate surface area is 196 Å². The van der Waals surface area contributed by atoms with Crippen molar-refractivity contribution in [2.75, 3.05) is 11.1 Å². The third kappa shape index (κ3) is 5.64. The highest BCUT2D eigenvalue weighted by Crippen LogP contribution is 2.44. The first kappa shape index (κ1) is 25.8. The van der Waals surface area contributed by atoms with Crippen LogP contribution in [0, 0.1) is 5.92 Å². The molecule has 0 aliphatic carbocycles. The number of ketones is 1. The molecule has 0 spiro atoms. The number of Topliss-reactive ketones (excluding diaryl/α,β-unsaturated/α-hetero) is 1. The fourth-order valence-corrected chi connectivity index (χ4v) is 3.53. The van der Waals surface area contributed by atoms with Crippen LogP contribution in [0.25, 0.3) is 11.1 Å². The van der Waals surface area contributed by atoms with E-state index in [0.29, 0.717) is 12.1 Å². The highest BCUT2D eigenvalue weighted by molar-refractivity contribution is 6.13. The molecule has 0 aromatic heterocycles. The summed E-state index contributed by atoms with van der Waals surface area (Å²) in [6.07, 6.45) is -9.99. The molecule has 0 radical (unpaired) electrons. The van der Waals surface area contributed by atoms with Crippen LogP contribution < -0.4 is 11.1 Å². The van der Waals surface area contributed by atoms with Crippen molar-refractivity contribution in [3.05, 3.63) is 82.9 Å². The first-order valence-corrected chi connectivity index (χ1v) is 10.3. The summed E-state index contributed by atoms with van der Waals surface area (Å²) in [6, 6.07) is 10.8. The van der Waals surface area contributed by atoms with Crippen molar-refractivity contribution >= 4 is 23.1 Å². The lowest BCUT2D eigenvalue weighted by Crippen LogP contribution is -2.19. The van der Waals surface area contributed by atoms with E-state index < -0.39 is 46.4 Å². The molecule has 3 aromatic rings. The van der Waals surface area contributed by atoms with Gasteiger partial charge in [-0.3, -0.25) is 9.59 Å². The van der Waals surface area contributed by atoms with Gasteiger partial charge in [-0.1, -0.05) is 44.2 Å². The SMILES string of the molecule is CC(C)C(=O)c1ccccc1C(=O)Nc1ccc(-c2ccc(N)cc2C(F)(F)F)c(C(F)(F)F)c1. The lowest BCUT2D eigenvalue weighted by Gasteiger charge is -2.19. The Balaban J connectivity index is 2.07. The van der Waals surface area contributed by atoms with E-state index in [0.717, 1.165) is 24.3 Å². The fraction of sp³-hybridized carbons (Fsp3) is 0.200. The van der Waals surface area contributed by atoms with Crippen molar-refractivity contribution in [3.63, 3.8) is 0 Å². The highest BCUT2D eigenvalue weighted by atomic mass is 19.4. The van der Waals surface area contributed by atoms with Crippen molar-refractivity contribution < 1.29 is 35.9 Å². The maximum Gasteiger partial charge on any atom is 0.417 e. The second kappa shape index (κ2) is 9.44. The Hall–Kier alpha value is -3.82. The standard InChI is InChI=1S/C25H20F6N2O2/c1-13(2)22(34)18-5-3-4-6-19(18)23(35)33-15-8-10-17(21(12-15)25(29,30)31)16-9-7-14(32)11-20(16)24(26,27)28/h3-13H,32H2,1-2H3,(H,33,35). The van der Waals surface area contributed by atoms with Gasteiger partial charge in [0.2, 0.25) is 0 Å². The number of nitrogens with two attached hydrogens (primary N) is 1. The molecule has 0 saturated heterocycles. The predicted octanol–water partition coefficient (Wildman–Crippen LogP) is 7.06. The lowest BCUT2D eigenvalue weighted by molar-refractivity contribution is -0.139. The van der Waals surface area contributed by atoms with Crippen molar-refractivity contribution in [1.29, 1.82) is 0 Å². The Kier molecular flexibility index (Phi) is 6.96. The smallest absolute Gasteiger partial charge is 0.399 e. The number of nitrogen functional groups attached to an aromatic ring is 1. The van der Waals surface area contributed by atoms with E-state index in [-0.39, 0.29) is 28.3 Å². The zero-order chi connectivity index (χ0) is 26.1. The zero-order valence-electron chi connectivity index (χ0n) is 18.5. The van der Waals surface area contributed by atoms with Crippen LogP contribution >= 0.6 is 0 Å². The predicted molar refractivity (Wildman–Crippen MR) is 120 cm³/mol. The van der Waals surface area contributed by atoms with E-state index in [2.05, 4.69) is 5.32 Å². The minimum atomic E-state index is -5.04. The van der Waals surface area contributed by atoms with Gasteiger partial charge in [0.25, 0.3) is 5.91 Å². The van der Waals surface area contributed by atoms with Gasteiger partial charge < -0.3 is 11.1 Å². The Bertz CT molecular complexity index is 1280. The Morgan fingerprint density at radius 2 is 1.29 bits per heavy atom. The first-order chi connectivity index (χ1) is 16.2. The highest BCUT2D eigenvalue weighted by Gasteiger charge is 2.38. The van der Waals surface area contributed by atoms with E-state index in [9.17, 15) is 35.9 Å². The quantitative estimate of drug-likeness (QED) is 0.227. The molecule has 0 fully saturated rings. The third-order valence-electron chi connectivity index (χ3n) is 5.18. The van der Waals surface area contributed by atoms with Gasteiger partial charge in [0, 0.05) is 22.9 Å². The molecular weight excluding hydrogens is 474 g/mol. The molecule has 0 heterocycles. The van der Waals surface area contributed by atoms with Crippen LogP contribution in [0.4, 0.5) is 37.7 Å². The minimum Gasteiger partial charge on any atom is -0.399 e. The van der Waals surface area contributed by atoms with Gasteiger partial charge >= 0.3 is 12.4 Å². The number of rotatable bonds is 5. The maximum atomic E-state index is 13.9. The van der Waals surface area contributed by atoms with Crippen LogP contribution in [0.3, 0.4) is 0 Å². The van der Waals surface area contributed by atoms with Crippen LogP contribution in [0.15, 0.2) is 60.7 Å². The van der Waals surface area contributed by atoms with E-state index in [1.165, 1.54) is 18.2 Å². The number of benzene rings is 3. The average Bonchev–Trinajstić information content (AvgIpc) is 2.77. The number of halogens is 6. The van der Waals surface area contributed by atoms with E-state index in [4.69, 9.17) is 5.73 Å². The first-order valence-electron chi connectivity index (χ1n) is 10.3. The van der Waals surface area contributed by atoms with E-state index in [1.807, 2.05) is 0 Å². The van der Waals surface area contributed by atoms with Crippen LogP contribution in [-0.2, 0) is 12.4 Å². The van der Waals surface area contributed by atoms with Gasteiger partial charge in [-0.15, -0.1) is 0 Å². The van der Waals surface area contributed by atoms with Crippen LogP contribution in [0.5, 0.6) is 0 Å². The van der Waals surface area contributed by atoms with Crippen molar-refractivity contribution in [1.82, 2.24) is 0 Å². The van der Waals surface area contributed by atoms with Gasteiger partial charge in [-0.05, 0) is 41.5 Å². The van der Waals surface area contributed by atoms with Crippen LogP contribution in [0.1, 0.15) is 45.7 Å². The van der Waals surface area contributed by atoms with Gasteiger partial charge in [-0.2, -0.15) is 26.3 Å². The summed E-state index contributed by atoms with van der Waals surface area (Å²) in [5.41, 5.74) is 0.796. The molecule has 0 atom stereocenters. The minimum absolute atomic E-state index is 0.0401. The summed E-state index contributed by atoms with van der Waals surface area (Å²) in [5, 5.41) is 2.30. The van der Waals surface area contributed by atoms with Crippen molar-refractivity contribution in [2.45, 2.75) is 26.2 Å². The maximum absolute atomic E-state index is 13.9.